The number of sulfonamides is 1. The van der Waals surface area contributed by atoms with Gasteiger partial charge in [-0.05, 0) is 66.4 Å². The molecule has 1 fully saturated rings. The van der Waals surface area contributed by atoms with Crippen LogP contribution in [0, 0.1) is 11.7 Å². The predicted octanol–water partition coefficient (Wildman–Crippen LogP) is 4.77. The molecular weight excluding hydrogens is 571 g/mol. The summed E-state index contributed by atoms with van der Waals surface area (Å²) < 4.78 is 40.0. The SMILES string of the molecule is CS(=O)(=O)NCc1cc(F)cc(-c2nccc3[nH]c(-c4n[nH]c5ccc(-c6cncc(NC(=O)C7CC7)c6)cc45)nc23)c1. The van der Waals surface area contributed by atoms with Gasteiger partial charge in [-0.2, -0.15) is 5.10 Å². The fraction of sp³-hybridized carbons (Fsp3) is 0.167. The van der Waals surface area contributed by atoms with Crippen molar-refractivity contribution in [2.45, 2.75) is 19.4 Å². The minimum atomic E-state index is -3.45. The number of H-pyrrole nitrogens is 2. The normalized spacial score (nSPS) is 13.5. The number of carbonyl (C=O) groups is 1. The van der Waals surface area contributed by atoms with E-state index in [1.54, 1.807) is 30.7 Å². The number of hydrogen-bond acceptors (Lipinski definition) is 7. The predicted molar refractivity (Wildman–Crippen MR) is 161 cm³/mol. The summed E-state index contributed by atoms with van der Waals surface area (Å²) in [6.07, 6.45) is 7.86. The van der Waals surface area contributed by atoms with E-state index in [1.807, 2.05) is 24.3 Å². The third kappa shape index (κ3) is 5.59. The van der Waals surface area contributed by atoms with Crippen molar-refractivity contribution in [3.63, 3.8) is 0 Å². The number of fused-ring (bicyclic) bond motifs is 2. The molecule has 7 rings (SSSR count). The van der Waals surface area contributed by atoms with Crippen molar-refractivity contribution in [3.05, 3.63) is 78.5 Å². The Bertz CT molecular complexity index is 2150. The Morgan fingerprint density at radius 1 is 1.00 bits per heavy atom. The molecule has 13 heteroatoms. The van der Waals surface area contributed by atoms with Crippen LogP contribution < -0.4 is 10.0 Å². The average Bonchev–Trinajstić information content (AvgIpc) is 3.61. The number of hydrogen-bond donors (Lipinski definition) is 4. The Labute approximate surface area is 245 Å². The van der Waals surface area contributed by atoms with Gasteiger partial charge in [0.15, 0.2) is 5.82 Å². The molecule has 1 saturated carbocycles. The van der Waals surface area contributed by atoms with Crippen molar-refractivity contribution >= 4 is 43.6 Å². The zero-order valence-corrected chi connectivity index (χ0v) is 23.7. The Hall–Kier alpha value is -5.01. The van der Waals surface area contributed by atoms with Crippen LogP contribution in [0.1, 0.15) is 18.4 Å². The van der Waals surface area contributed by atoms with E-state index in [4.69, 9.17) is 4.98 Å². The van der Waals surface area contributed by atoms with Gasteiger partial charge in [0.2, 0.25) is 15.9 Å². The highest BCUT2D eigenvalue weighted by molar-refractivity contribution is 7.88. The van der Waals surface area contributed by atoms with Crippen LogP contribution in [0.2, 0.25) is 0 Å². The van der Waals surface area contributed by atoms with E-state index in [1.165, 1.54) is 12.1 Å². The van der Waals surface area contributed by atoms with E-state index in [2.05, 4.69) is 35.2 Å². The monoisotopic (exact) mass is 596 g/mol. The minimum absolute atomic E-state index is 0.0188. The van der Waals surface area contributed by atoms with E-state index in [9.17, 15) is 17.6 Å². The maximum Gasteiger partial charge on any atom is 0.227 e. The molecule has 0 spiro atoms. The first-order valence-electron chi connectivity index (χ1n) is 13.5. The quantitative estimate of drug-likeness (QED) is 0.197. The van der Waals surface area contributed by atoms with Gasteiger partial charge in [-0.1, -0.05) is 6.07 Å². The van der Waals surface area contributed by atoms with Crippen molar-refractivity contribution in [1.82, 2.24) is 34.9 Å². The molecule has 216 valence electrons. The summed E-state index contributed by atoms with van der Waals surface area (Å²) in [6.45, 7) is -0.0572. The molecule has 0 saturated heterocycles. The fourth-order valence-electron chi connectivity index (χ4n) is 4.99. The van der Waals surface area contributed by atoms with Gasteiger partial charge in [0.1, 0.15) is 17.0 Å². The number of nitrogens with zero attached hydrogens (tertiary/aromatic N) is 4. The first kappa shape index (κ1) is 26.9. The van der Waals surface area contributed by atoms with Gasteiger partial charge in [-0.3, -0.25) is 19.9 Å². The molecule has 0 bridgehead atoms. The molecule has 6 aromatic rings. The van der Waals surface area contributed by atoms with Crippen molar-refractivity contribution in [2.24, 2.45) is 5.92 Å². The Balaban J connectivity index is 1.25. The molecule has 4 aromatic heterocycles. The second-order valence-electron chi connectivity index (χ2n) is 10.6. The maximum atomic E-state index is 14.6. The molecule has 1 aliphatic rings. The standard InChI is InChI=1S/C30H25FN8O3S/c1-43(41,42)34-13-16-8-19(10-21(31)9-16)26-28-25(6-7-33-26)36-29(37-28)27-23-12-18(4-5-24(23)38-39-27)20-11-22(15-32-14-20)35-30(40)17-2-3-17/h4-12,14-15,17,34H,2-3,13H2,1H3,(H,35,40)(H,36,37)(H,38,39). The van der Waals surface area contributed by atoms with Gasteiger partial charge in [0, 0.05) is 41.4 Å². The lowest BCUT2D eigenvalue weighted by molar-refractivity contribution is -0.117. The first-order chi connectivity index (χ1) is 20.7. The van der Waals surface area contributed by atoms with Gasteiger partial charge >= 0.3 is 0 Å². The largest absolute Gasteiger partial charge is 0.336 e. The molecule has 0 radical (unpaired) electrons. The van der Waals surface area contributed by atoms with Crippen LogP contribution in [0.3, 0.4) is 0 Å². The van der Waals surface area contributed by atoms with Crippen LogP contribution in [0.4, 0.5) is 10.1 Å². The smallest absolute Gasteiger partial charge is 0.227 e. The molecule has 0 aliphatic heterocycles. The number of aromatic nitrogens is 6. The Morgan fingerprint density at radius 2 is 1.86 bits per heavy atom. The van der Waals surface area contributed by atoms with Crippen molar-refractivity contribution in [1.29, 1.82) is 0 Å². The van der Waals surface area contributed by atoms with Crippen molar-refractivity contribution < 1.29 is 17.6 Å². The molecule has 0 atom stereocenters. The number of amides is 1. The van der Waals surface area contributed by atoms with Crippen LogP contribution in [-0.4, -0.2) is 50.7 Å². The highest BCUT2D eigenvalue weighted by Gasteiger charge is 2.29. The molecule has 2 aromatic carbocycles. The second-order valence-corrected chi connectivity index (χ2v) is 12.5. The second kappa shape index (κ2) is 10.4. The number of carbonyl (C=O) groups excluding carboxylic acids is 1. The Kier molecular flexibility index (Phi) is 6.47. The molecule has 11 nitrogen and oxygen atoms in total. The summed E-state index contributed by atoms with van der Waals surface area (Å²) in [6, 6.07) is 13.8. The van der Waals surface area contributed by atoms with Crippen molar-refractivity contribution in [2.75, 3.05) is 11.6 Å². The summed E-state index contributed by atoms with van der Waals surface area (Å²) in [5.41, 5.74) is 6.31. The molecule has 4 heterocycles. The maximum absolute atomic E-state index is 14.6. The molecule has 1 aliphatic carbocycles. The highest BCUT2D eigenvalue weighted by atomic mass is 32.2. The van der Waals surface area contributed by atoms with E-state index < -0.39 is 15.8 Å². The number of imidazole rings is 1. The third-order valence-corrected chi connectivity index (χ3v) is 7.91. The summed E-state index contributed by atoms with van der Waals surface area (Å²) in [7, 11) is -3.45. The van der Waals surface area contributed by atoms with Crippen molar-refractivity contribution in [3.8, 4) is 33.9 Å². The number of pyridine rings is 2. The number of aromatic amines is 2. The van der Waals surface area contributed by atoms with Gasteiger partial charge < -0.3 is 10.3 Å². The van der Waals surface area contributed by atoms with E-state index in [-0.39, 0.29) is 18.4 Å². The van der Waals surface area contributed by atoms with E-state index in [0.29, 0.717) is 45.1 Å². The van der Waals surface area contributed by atoms with Crippen LogP contribution in [0.25, 0.3) is 55.8 Å². The van der Waals surface area contributed by atoms with Gasteiger partial charge in [-0.15, -0.1) is 0 Å². The van der Waals surface area contributed by atoms with Crippen LogP contribution in [0.15, 0.2) is 67.1 Å². The molecule has 4 N–H and O–H groups in total. The fourth-order valence-corrected chi connectivity index (χ4v) is 5.42. The lowest BCUT2D eigenvalue weighted by Gasteiger charge is -2.07. The third-order valence-electron chi connectivity index (χ3n) is 7.24. The highest BCUT2D eigenvalue weighted by Crippen LogP contribution is 2.34. The minimum Gasteiger partial charge on any atom is -0.336 e. The van der Waals surface area contributed by atoms with Gasteiger partial charge in [-0.25, -0.2) is 22.5 Å². The van der Waals surface area contributed by atoms with Gasteiger partial charge in [0.05, 0.1) is 34.9 Å². The number of nitrogens with one attached hydrogen (secondary N) is 4. The summed E-state index contributed by atoms with van der Waals surface area (Å²) in [5, 5.41) is 11.3. The average molecular weight is 597 g/mol. The molecule has 1 amide bonds. The summed E-state index contributed by atoms with van der Waals surface area (Å²) >= 11 is 0. The number of anilines is 1. The first-order valence-corrected chi connectivity index (χ1v) is 15.4. The number of benzene rings is 2. The summed E-state index contributed by atoms with van der Waals surface area (Å²) in [5.74, 6) is 0.0821. The van der Waals surface area contributed by atoms with E-state index in [0.717, 1.165) is 41.1 Å². The lowest BCUT2D eigenvalue weighted by atomic mass is 10.0. The zero-order chi connectivity index (χ0) is 29.7. The van der Waals surface area contributed by atoms with E-state index >= 15 is 0 Å². The lowest BCUT2D eigenvalue weighted by Crippen LogP contribution is -2.21. The number of rotatable bonds is 8. The molecule has 43 heavy (non-hydrogen) atoms. The number of halogens is 1. The topological polar surface area (TPSA) is 158 Å². The Morgan fingerprint density at radius 3 is 2.67 bits per heavy atom. The van der Waals surface area contributed by atoms with Gasteiger partial charge in [0.25, 0.3) is 0 Å². The zero-order valence-electron chi connectivity index (χ0n) is 22.8. The van der Waals surface area contributed by atoms with Crippen LogP contribution in [0.5, 0.6) is 0 Å². The molecular formula is C30H25FN8O3S. The molecule has 0 unspecified atom stereocenters. The van der Waals surface area contributed by atoms with Crippen LogP contribution in [-0.2, 0) is 21.4 Å². The summed E-state index contributed by atoms with van der Waals surface area (Å²) in [4.78, 5) is 29.1. The van der Waals surface area contributed by atoms with Crippen LogP contribution >= 0.6 is 0 Å².